The minimum Gasteiger partial charge on any atom is -0.366 e. The van der Waals surface area contributed by atoms with Crippen LogP contribution in [0.4, 0.5) is 11.6 Å². The number of nitrogen functional groups attached to an aromatic ring is 1. The van der Waals surface area contributed by atoms with E-state index in [1.165, 1.54) is 12.6 Å². The zero-order valence-corrected chi connectivity index (χ0v) is 11.6. The third kappa shape index (κ3) is 4.11. The molecule has 1 heterocycles. The van der Waals surface area contributed by atoms with Gasteiger partial charge in [-0.2, -0.15) is 0 Å². The number of hydrogen-bond acceptors (Lipinski definition) is 7. The molecule has 0 aliphatic heterocycles. The Labute approximate surface area is 107 Å². The predicted molar refractivity (Wildman–Crippen MR) is 72.0 cm³/mol. The Balaban J connectivity index is 2.90. The second kappa shape index (κ2) is 5.96. The highest BCUT2D eigenvalue weighted by atomic mass is 32.2. The summed E-state index contributed by atoms with van der Waals surface area (Å²) in [5, 5.41) is 3.07. The monoisotopic (exact) mass is 273 g/mol. The van der Waals surface area contributed by atoms with Crippen LogP contribution in [0.25, 0.3) is 0 Å². The Bertz CT molecular complexity index is 503. The molecular weight excluding hydrogens is 254 g/mol. The number of hydrazine groups is 1. The first-order valence-electron chi connectivity index (χ1n) is 5.62. The Morgan fingerprint density at radius 3 is 2.50 bits per heavy atom. The molecule has 0 bridgehead atoms. The first kappa shape index (κ1) is 14.7. The smallest absolute Gasteiger partial charge is 0.149 e. The van der Waals surface area contributed by atoms with Crippen molar-refractivity contribution in [2.45, 2.75) is 26.3 Å². The van der Waals surface area contributed by atoms with Crippen LogP contribution in [0.1, 0.15) is 19.4 Å². The van der Waals surface area contributed by atoms with Gasteiger partial charge in [-0.25, -0.2) is 24.2 Å². The summed E-state index contributed by atoms with van der Waals surface area (Å²) in [7, 11) is -3.02. The number of nitrogens with two attached hydrogens (primary N) is 1. The molecule has 102 valence electrons. The van der Waals surface area contributed by atoms with Crippen LogP contribution in [0.2, 0.25) is 0 Å². The van der Waals surface area contributed by atoms with E-state index in [0.29, 0.717) is 18.1 Å². The number of sulfone groups is 1. The van der Waals surface area contributed by atoms with Gasteiger partial charge >= 0.3 is 0 Å². The number of hydrogen-bond donors (Lipinski definition) is 3. The number of nitrogens with one attached hydrogen (secondary N) is 2. The van der Waals surface area contributed by atoms with Crippen LogP contribution in [0.15, 0.2) is 6.33 Å². The molecule has 1 unspecified atom stereocenters. The Hall–Kier alpha value is -1.41. The lowest BCUT2D eigenvalue weighted by molar-refractivity contribution is 0.598. The van der Waals surface area contributed by atoms with Gasteiger partial charge in [0.05, 0.1) is 5.75 Å². The van der Waals surface area contributed by atoms with Crippen LogP contribution >= 0.6 is 0 Å². The molecule has 0 saturated carbocycles. The maximum Gasteiger partial charge on any atom is 0.149 e. The highest BCUT2D eigenvalue weighted by Crippen LogP contribution is 2.20. The molecule has 0 spiro atoms. The predicted octanol–water partition coefficient (Wildman–Crippen LogP) is 0.170. The van der Waals surface area contributed by atoms with Crippen molar-refractivity contribution >= 4 is 21.5 Å². The van der Waals surface area contributed by atoms with E-state index in [0.717, 1.165) is 5.56 Å². The molecule has 1 atom stereocenters. The molecule has 7 nitrogen and oxygen atoms in total. The fourth-order valence-corrected chi connectivity index (χ4v) is 2.72. The van der Waals surface area contributed by atoms with Crippen molar-refractivity contribution in [1.29, 1.82) is 0 Å². The first-order valence-corrected chi connectivity index (χ1v) is 7.68. The van der Waals surface area contributed by atoms with Gasteiger partial charge in [-0.15, -0.1) is 0 Å². The van der Waals surface area contributed by atoms with E-state index in [1.807, 2.05) is 6.92 Å². The molecule has 0 aliphatic carbocycles. The minimum atomic E-state index is -3.02. The second-order valence-corrected chi connectivity index (χ2v) is 6.37. The Kier molecular flexibility index (Phi) is 4.85. The molecule has 1 aromatic heterocycles. The van der Waals surface area contributed by atoms with E-state index in [9.17, 15) is 8.42 Å². The summed E-state index contributed by atoms with van der Waals surface area (Å²) in [4.78, 5) is 8.12. The number of aromatic nitrogens is 2. The standard InChI is InChI=1S/C10H19N5O2S/c1-4-8-9(12-6-13-10(8)15-11)14-7(2)5-18(3,16)17/h6-7H,4-5,11H2,1-3H3,(H2,12,13,14,15). The van der Waals surface area contributed by atoms with Gasteiger partial charge in [0.1, 0.15) is 27.8 Å². The second-order valence-electron chi connectivity index (χ2n) is 4.19. The molecule has 0 fully saturated rings. The van der Waals surface area contributed by atoms with Gasteiger partial charge < -0.3 is 10.7 Å². The van der Waals surface area contributed by atoms with Crippen LogP contribution in [-0.2, 0) is 16.3 Å². The van der Waals surface area contributed by atoms with E-state index in [4.69, 9.17) is 5.84 Å². The lowest BCUT2D eigenvalue weighted by Gasteiger charge is -2.17. The largest absolute Gasteiger partial charge is 0.366 e. The molecule has 1 rings (SSSR count). The molecule has 0 saturated heterocycles. The zero-order chi connectivity index (χ0) is 13.8. The highest BCUT2D eigenvalue weighted by Gasteiger charge is 2.14. The maximum atomic E-state index is 11.2. The van der Waals surface area contributed by atoms with Crippen molar-refractivity contribution in [2.24, 2.45) is 5.84 Å². The molecular formula is C10H19N5O2S. The lowest BCUT2D eigenvalue weighted by Crippen LogP contribution is -2.26. The maximum absolute atomic E-state index is 11.2. The minimum absolute atomic E-state index is 0.0472. The number of anilines is 2. The van der Waals surface area contributed by atoms with Gasteiger partial charge in [0.25, 0.3) is 0 Å². The summed E-state index contributed by atoms with van der Waals surface area (Å²) in [6.45, 7) is 3.74. The van der Waals surface area contributed by atoms with Gasteiger partial charge in [0, 0.05) is 17.9 Å². The molecule has 0 amide bonds. The van der Waals surface area contributed by atoms with E-state index in [2.05, 4.69) is 20.7 Å². The average Bonchev–Trinajstić information content (AvgIpc) is 2.25. The number of nitrogens with zero attached hydrogens (tertiary/aromatic N) is 2. The summed E-state index contributed by atoms with van der Waals surface area (Å²) in [5.74, 6) is 6.56. The molecule has 4 N–H and O–H groups in total. The third-order valence-corrected chi connectivity index (χ3v) is 3.48. The van der Waals surface area contributed by atoms with Crippen molar-refractivity contribution < 1.29 is 8.42 Å². The zero-order valence-electron chi connectivity index (χ0n) is 10.8. The Morgan fingerprint density at radius 2 is 2.00 bits per heavy atom. The normalized spacial score (nSPS) is 13.1. The van der Waals surface area contributed by atoms with E-state index in [1.54, 1.807) is 6.92 Å². The summed E-state index contributed by atoms with van der Waals surface area (Å²) >= 11 is 0. The molecule has 18 heavy (non-hydrogen) atoms. The van der Waals surface area contributed by atoms with Gasteiger partial charge in [0.2, 0.25) is 0 Å². The topological polar surface area (TPSA) is 110 Å². The van der Waals surface area contributed by atoms with Crippen LogP contribution < -0.4 is 16.6 Å². The van der Waals surface area contributed by atoms with Crippen LogP contribution in [-0.4, -0.2) is 36.4 Å². The Morgan fingerprint density at radius 1 is 1.39 bits per heavy atom. The summed E-state index contributed by atoms with van der Waals surface area (Å²) in [6.07, 6.45) is 3.27. The van der Waals surface area contributed by atoms with Crippen LogP contribution in [0.3, 0.4) is 0 Å². The van der Waals surface area contributed by atoms with Gasteiger partial charge in [-0.05, 0) is 13.3 Å². The molecule has 1 aromatic rings. The van der Waals surface area contributed by atoms with E-state index >= 15 is 0 Å². The van der Waals surface area contributed by atoms with Crippen molar-refractivity contribution in [2.75, 3.05) is 22.8 Å². The molecule has 0 radical (unpaired) electrons. The van der Waals surface area contributed by atoms with Crippen molar-refractivity contribution in [3.05, 3.63) is 11.9 Å². The van der Waals surface area contributed by atoms with Crippen molar-refractivity contribution in [3.8, 4) is 0 Å². The van der Waals surface area contributed by atoms with Crippen LogP contribution in [0, 0.1) is 0 Å². The molecule has 8 heteroatoms. The highest BCUT2D eigenvalue weighted by molar-refractivity contribution is 7.90. The summed E-state index contributed by atoms with van der Waals surface area (Å²) < 4.78 is 22.4. The summed E-state index contributed by atoms with van der Waals surface area (Å²) in [5.41, 5.74) is 3.33. The van der Waals surface area contributed by atoms with Gasteiger partial charge in [-0.3, -0.25) is 0 Å². The quantitative estimate of drug-likeness (QED) is 0.500. The third-order valence-electron chi connectivity index (χ3n) is 2.37. The SMILES string of the molecule is CCc1c(NN)ncnc1NC(C)CS(C)(=O)=O. The van der Waals surface area contributed by atoms with Gasteiger partial charge in [0.15, 0.2) is 0 Å². The average molecular weight is 273 g/mol. The van der Waals surface area contributed by atoms with Gasteiger partial charge in [-0.1, -0.05) is 6.92 Å². The van der Waals surface area contributed by atoms with Crippen molar-refractivity contribution in [3.63, 3.8) is 0 Å². The van der Waals surface area contributed by atoms with Crippen LogP contribution in [0.5, 0.6) is 0 Å². The van der Waals surface area contributed by atoms with E-state index < -0.39 is 9.84 Å². The fourth-order valence-electron chi connectivity index (χ4n) is 1.73. The fraction of sp³-hybridized carbons (Fsp3) is 0.600. The summed E-state index contributed by atoms with van der Waals surface area (Å²) in [6, 6.07) is -0.231. The van der Waals surface area contributed by atoms with E-state index in [-0.39, 0.29) is 11.8 Å². The molecule has 0 aromatic carbocycles. The van der Waals surface area contributed by atoms with Crippen molar-refractivity contribution in [1.82, 2.24) is 9.97 Å². The lowest BCUT2D eigenvalue weighted by atomic mass is 10.2. The first-order chi connectivity index (χ1) is 8.37. The number of rotatable bonds is 6. The molecule has 0 aliphatic rings.